The van der Waals surface area contributed by atoms with Crippen LogP contribution in [0.15, 0.2) is 48.8 Å². The molecule has 0 aliphatic rings. The molecule has 1 aromatic heterocycles. The van der Waals surface area contributed by atoms with Crippen LogP contribution in [0.3, 0.4) is 0 Å². The molecular formula is C12H10N. The second kappa shape index (κ2) is 3.40. The second-order valence-corrected chi connectivity index (χ2v) is 2.94. The fourth-order valence-electron chi connectivity index (χ4n) is 1.23. The lowest BCUT2D eigenvalue weighted by atomic mass is 10.1. The number of pyridine rings is 1. The summed E-state index contributed by atoms with van der Waals surface area (Å²) in [6, 6.07) is 12.1. The summed E-state index contributed by atoms with van der Waals surface area (Å²) in [5, 5.41) is 0. The smallest absolute Gasteiger partial charge is 0.0346 e. The molecule has 0 aliphatic carbocycles. The third-order valence-electron chi connectivity index (χ3n) is 1.95. The van der Waals surface area contributed by atoms with Crippen molar-refractivity contribution in [2.45, 2.75) is 0 Å². The van der Waals surface area contributed by atoms with Gasteiger partial charge in [0, 0.05) is 12.4 Å². The number of aromatic nitrogens is 1. The maximum atomic E-state index is 4.07. The Balaban J connectivity index is 2.42. The maximum Gasteiger partial charge on any atom is 0.0346 e. The molecule has 63 valence electrons. The van der Waals surface area contributed by atoms with E-state index in [9.17, 15) is 0 Å². The van der Waals surface area contributed by atoms with Crippen LogP contribution in [0.5, 0.6) is 0 Å². The highest BCUT2D eigenvalue weighted by Gasteiger charge is 1.94. The first-order chi connectivity index (χ1) is 6.36. The van der Waals surface area contributed by atoms with Crippen molar-refractivity contribution in [1.82, 2.24) is 4.98 Å². The van der Waals surface area contributed by atoms with E-state index < -0.39 is 0 Å². The van der Waals surface area contributed by atoms with Gasteiger partial charge in [-0.2, -0.15) is 0 Å². The van der Waals surface area contributed by atoms with Crippen molar-refractivity contribution in [3.05, 3.63) is 61.3 Å². The zero-order valence-corrected chi connectivity index (χ0v) is 7.27. The van der Waals surface area contributed by atoms with E-state index in [1.165, 1.54) is 5.56 Å². The summed E-state index contributed by atoms with van der Waals surface area (Å²) in [5.41, 5.74) is 3.36. The number of rotatable bonds is 1. The molecule has 0 aliphatic heterocycles. The lowest BCUT2D eigenvalue weighted by molar-refractivity contribution is 1.33. The maximum absolute atomic E-state index is 4.07. The predicted molar refractivity (Wildman–Crippen MR) is 54.1 cm³/mol. The van der Waals surface area contributed by atoms with Crippen molar-refractivity contribution < 1.29 is 0 Å². The Morgan fingerprint density at radius 3 is 2.31 bits per heavy atom. The minimum atomic E-state index is 1.03. The van der Waals surface area contributed by atoms with Crippen molar-refractivity contribution in [2.24, 2.45) is 0 Å². The van der Waals surface area contributed by atoms with Gasteiger partial charge in [0.25, 0.3) is 0 Å². The van der Waals surface area contributed by atoms with Gasteiger partial charge in [0.05, 0.1) is 0 Å². The Labute approximate surface area is 78.1 Å². The fraction of sp³-hybridized carbons (Fsp3) is 0. The normalized spacial score (nSPS) is 9.92. The molecule has 1 aromatic carbocycles. The summed E-state index contributed by atoms with van der Waals surface area (Å²) in [6.45, 7) is 3.84. The van der Waals surface area contributed by atoms with E-state index in [-0.39, 0.29) is 0 Å². The van der Waals surface area contributed by atoms with Crippen LogP contribution in [0.25, 0.3) is 11.1 Å². The summed E-state index contributed by atoms with van der Waals surface area (Å²) >= 11 is 0. The molecule has 0 unspecified atom stereocenters. The number of hydrogen-bond donors (Lipinski definition) is 0. The molecule has 0 N–H and O–H groups in total. The van der Waals surface area contributed by atoms with Crippen molar-refractivity contribution in [3.8, 4) is 11.1 Å². The van der Waals surface area contributed by atoms with Crippen LogP contribution < -0.4 is 0 Å². The molecule has 0 spiro atoms. The van der Waals surface area contributed by atoms with E-state index in [1.54, 1.807) is 6.20 Å². The highest BCUT2D eigenvalue weighted by Crippen LogP contribution is 2.17. The Kier molecular flexibility index (Phi) is 2.09. The summed E-state index contributed by atoms with van der Waals surface area (Å²) in [4.78, 5) is 4.07. The van der Waals surface area contributed by atoms with Gasteiger partial charge in [0.2, 0.25) is 0 Å². The van der Waals surface area contributed by atoms with Gasteiger partial charge in [0.1, 0.15) is 0 Å². The monoisotopic (exact) mass is 168 g/mol. The number of hydrogen-bond acceptors (Lipinski definition) is 1. The second-order valence-electron chi connectivity index (χ2n) is 2.94. The summed E-state index contributed by atoms with van der Waals surface area (Å²) in [7, 11) is 0. The summed E-state index contributed by atoms with van der Waals surface area (Å²) in [5.74, 6) is 0. The highest BCUT2D eigenvalue weighted by molar-refractivity contribution is 5.62. The standard InChI is InChI=1S/C12H10N/c1-10-4-6-11(7-5-10)12-3-2-8-13-9-12/h2-9H,1H2. The SMILES string of the molecule is [CH2]c1ccc(-c2cccnc2)cc1. The Bertz CT molecular complexity index is 376. The van der Waals surface area contributed by atoms with Gasteiger partial charge in [-0.05, 0) is 29.7 Å². The van der Waals surface area contributed by atoms with Gasteiger partial charge < -0.3 is 0 Å². The van der Waals surface area contributed by atoms with Crippen LogP contribution in [-0.2, 0) is 0 Å². The van der Waals surface area contributed by atoms with Crippen molar-refractivity contribution in [3.63, 3.8) is 0 Å². The van der Waals surface area contributed by atoms with Crippen LogP contribution in [0.1, 0.15) is 5.56 Å². The molecule has 0 saturated heterocycles. The van der Waals surface area contributed by atoms with E-state index >= 15 is 0 Å². The summed E-state index contributed by atoms with van der Waals surface area (Å²) < 4.78 is 0. The van der Waals surface area contributed by atoms with Gasteiger partial charge in [-0.3, -0.25) is 4.98 Å². The van der Waals surface area contributed by atoms with Crippen molar-refractivity contribution in [1.29, 1.82) is 0 Å². The zero-order valence-electron chi connectivity index (χ0n) is 7.27. The fourth-order valence-corrected chi connectivity index (χ4v) is 1.23. The molecule has 0 fully saturated rings. The quantitative estimate of drug-likeness (QED) is 0.638. The minimum absolute atomic E-state index is 1.03. The van der Waals surface area contributed by atoms with Gasteiger partial charge in [-0.15, -0.1) is 0 Å². The first kappa shape index (κ1) is 7.99. The number of benzene rings is 1. The van der Waals surface area contributed by atoms with Gasteiger partial charge >= 0.3 is 0 Å². The van der Waals surface area contributed by atoms with Gasteiger partial charge in [-0.1, -0.05) is 30.3 Å². The zero-order chi connectivity index (χ0) is 9.10. The van der Waals surface area contributed by atoms with Crippen LogP contribution in [0.2, 0.25) is 0 Å². The molecule has 1 heteroatoms. The third-order valence-corrected chi connectivity index (χ3v) is 1.95. The molecule has 2 rings (SSSR count). The first-order valence-electron chi connectivity index (χ1n) is 4.19. The van der Waals surface area contributed by atoms with Crippen molar-refractivity contribution >= 4 is 0 Å². The van der Waals surface area contributed by atoms with Crippen LogP contribution in [0, 0.1) is 6.92 Å². The van der Waals surface area contributed by atoms with Gasteiger partial charge in [0.15, 0.2) is 0 Å². The molecule has 0 bridgehead atoms. The molecular weight excluding hydrogens is 158 g/mol. The molecule has 2 aromatic rings. The molecule has 0 saturated carbocycles. The molecule has 13 heavy (non-hydrogen) atoms. The van der Waals surface area contributed by atoms with Crippen LogP contribution in [-0.4, -0.2) is 4.98 Å². The highest BCUT2D eigenvalue weighted by atomic mass is 14.6. The van der Waals surface area contributed by atoms with Crippen LogP contribution >= 0.6 is 0 Å². The Morgan fingerprint density at radius 2 is 1.69 bits per heavy atom. The Morgan fingerprint density at radius 1 is 0.923 bits per heavy atom. The third kappa shape index (κ3) is 1.75. The van der Waals surface area contributed by atoms with E-state index in [4.69, 9.17) is 0 Å². The largest absolute Gasteiger partial charge is 0.264 e. The lowest BCUT2D eigenvalue weighted by Gasteiger charge is -2.00. The average molecular weight is 168 g/mol. The molecule has 0 amide bonds. The topological polar surface area (TPSA) is 12.9 Å². The predicted octanol–water partition coefficient (Wildman–Crippen LogP) is 2.93. The van der Waals surface area contributed by atoms with E-state index in [2.05, 4.69) is 24.0 Å². The minimum Gasteiger partial charge on any atom is -0.264 e. The molecule has 0 atom stereocenters. The summed E-state index contributed by atoms with van der Waals surface area (Å²) in [6.07, 6.45) is 3.64. The van der Waals surface area contributed by atoms with E-state index in [0.29, 0.717) is 0 Å². The van der Waals surface area contributed by atoms with Crippen molar-refractivity contribution in [2.75, 3.05) is 0 Å². The molecule has 1 radical (unpaired) electrons. The Hall–Kier alpha value is -1.63. The molecule has 1 heterocycles. The first-order valence-corrected chi connectivity index (χ1v) is 4.19. The van der Waals surface area contributed by atoms with Gasteiger partial charge in [-0.25, -0.2) is 0 Å². The lowest BCUT2D eigenvalue weighted by Crippen LogP contribution is -1.78. The molecule has 1 nitrogen and oxygen atoms in total. The number of nitrogens with zero attached hydrogens (tertiary/aromatic N) is 1. The average Bonchev–Trinajstić information content (AvgIpc) is 2.20. The van der Waals surface area contributed by atoms with E-state index in [1.807, 2.05) is 30.5 Å². The van der Waals surface area contributed by atoms with Crippen LogP contribution in [0.4, 0.5) is 0 Å². The van der Waals surface area contributed by atoms with E-state index in [0.717, 1.165) is 11.1 Å².